The molecule has 2 aromatic rings. The van der Waals surface area contributed by atoms with E-state index in [9.17, 15) is 17.9 Å². The van der Waals surface area contributed by atoms with E-state index in [1.165, 1.54) is 10.4 Å². The van der Waals surface area contributed by atoms with Gasteiger partial charge in [0.2, 0.25) is 0 Å². The number of para-hydroxylation sites is 2. The molecule has 0 unspecified atom stereocenters. The fraction of sp³-hybridized carbons (Fsp3) is 0.294. The van der Waals surface area contributed by atoms with Gasteiger partial charge in [0.15, 0.2) is 5.82 Å². The Hall–Kier alpha value is -1.62. The molecule has 0 aromatic heterocycles. The minimum atomic E-state index is -3.56. The van der Waals surface area contributed by atoms with Gasteiger partial charge in [0, 0.05) is 12.6 Å². The first-order valence-corrected chi connectivity index (χ1v) is 9.55. The van der Waals surface area contributed by atoms with Crippen LogP contribution in [-0.4, -0.2) is 42.5 Å². The molecular formula is C17H22ClF2N3O3S. The van der Waals surface area contributed by atoms with Gasteiger partial charge in [-0.3, -0.25) is 9.11 Å². The second kappa shape index (κ2) is 9.05. The summed E-state index contributed by atoms with van der Waals surface area (Å²) >= 11 is 0. The fourth-order valence-corrected chi connectivity index (χ4v) is 4.55. The Labute approximate surface area is 164 Å². The van der Waals surface area contributed by atoms with Crippen molar-refractivity contribution in [1.29, 1.82) is 0 Å². The Morgan fingerprint density at radius 3 is 2.41 bits per heavy atom. The smallest absolute Gasteiger partial charge is 0.151 e. The summed E-state index contributed by atoms with van der Waals surface area (Å²) in [7, 11) is -1.75. The van der Waals surface area contributed by atoms with Crippen molar-refractivity contribution >= 4 is 40.4 Å². The van der Waals surface area contributed by atoms with E-state index in [2.05, 4.69) is 5.32 Å². The van der Waals surface area contributed by atoms with Crippen molar-refractivity contribution in [2.75, 3.05) is 42.0 Å². The molecule has 10 heteroatoms. The van der Waals surface area contributed by atoms with Crippen LogP contribution in [0.1, 0.15) is 0 Å². The van der Waals surface area contributed by atoms with Gasteiger partial charge < -0.3 is 10.1 Å². The molecular weight excluding hydrogens is 400 g/mol. The summed E-state index contributed by atoms with van der Waals surface area (Å²) in [4.78, 5) is 0. The van der Waals surface area contributed by atoms with Crippen molar-refractivity contribution in [2.45, 2.75) is 0 Å². The fourth-order valence-electron chi connectivity index (χ4n) is 2.78. The quantitative estimate of drug-likeness (QED) is 0.583. The summed E-state index contributed by atoms with van der Waals surface area (Å²) in [6, 6.07) is 9.86. The van der Waals surface area contributed by atoms with Crippen LogP contribution in [0.15, 0.2) is 42.5 Å². The molecule has 6 nitrogen and oxygen atoms in total. The van der Waals surface area contributed by atoms with Gasteiger partial charge in [-0.05, 0) is 42.3 Å². The van der Waals surface area contributed by atoms with Crippen LogP contribution in [0, 0.1) is 11.6 Å². The van der Waals surface area contributed by atoms with Crippen LogP contribution in [0.5, 0.6) is 0 Å². The lowest BCUT2D eigenvalue weighted by Gasteiger charge is -2.43. The minimum absolute atomic E-state index is 0. The van der Waals surface area contributed by atoms with E-state index >= 15 is 0 Å². The molecule has 0 saturated heterocycles. The summed E-state index contributed by atoms with van der Waals surface area (Å²) in [6.07, 6.45) is 0. The van der Waals surface area contributed by atoms with Gasteiger partial charge in [-0.2, -0.15) is 0 Å². The maximum Gasteiger partial charge on any atom is 0.151 e. The first-order valence-electron chi connectivity index (χ1n) is 8.09. The number of nitrogens with one attached hydrogen (secondary N) is 1. The number of rotatable bonds is 7. The maximum atomic E-state index is 14.3. The van der Waals surface area contributed by atoms with Crippen LogP contribution in [0.2, 0.25) is 0 Å². The van der Waals surface area contributed by atoms with Gasteiger partial charge >= 0.3 is 0 Å². The Morgan fingerprint density at radius 1 is 1.04 bits per heavy atom. The highest BCUT2D eigenvalue weighted by Crippen LogP contribution is 2.64. The molecule has 0 bridgehead atoms. The Kier molecular flexibility index (Phi) is 7.26. The van der Waals surface area contributed by atoms with E-state index in [1.54, 1.807) is 24.3 Å². The third kappa shape index (κ3) is 4.29. The zero-order valence-corrected chi connectivity index (χ0v) is 16.3. The predicted molar refractivity (Wildman–Crippen MR) is 107 cm³/mol. The molecule has 27 heavy (non-hydrogen) atoms. The van der Waals surface area contributed by atoms with Crippen molar-refractivity contribution in [3.05, 3.63) is 54.1 Å². The number of anilines is 3. The van der Waals surface area contributed by atoms with Crippen LogP contribution >= 0.6 is 23.4 Å². The van der Waals surface area contributed by atoms with Gasteiger partial charge in [0.1, 0.15) is 11.5 Å². The topological polar surface area (TPSA) is 68.2 Å². The number of halogens is 3. The largest absolute Gasteiger partial charge is 0.378 e. The monoisotopic (exact) mass is 421 g/mol. The van der Waals surface area contributed by atoms with Crippen molar-refractivity contribution in [1.82, 2.24) is 5.32 Å². The first kappa shape index (κ1) is 21.7. The van der Waals surface area contributed by atoms with E-state index in [-0.39, 0.29) is 31.2 Å². The number of nitrogens with zero attached hydrogens (tertiary/aromatic N) is 2. The summed E-state index contributed by atoms with van der Waals surface area (Å²) in [5, 5.41) is 2.95. The molecule has 3 rings (SSSR count). The van der Waals surface area contributed by atoms with Crippen LogP contribution < -0.4 is 13.9 Å². The second-order valence-electron chi connectivity index (χ2n) is 5.69. The Morgan fingerprint density at radius 2 is 1.74 bits per heavy atom. The van der Waals surface area contributed by atoms with Crippen molar-refractivity contribution in [3.63, 3.8) is 0 Å². The number of hydrogen-bond donors (Lipinski definition) is 3. The molecule has 2 aromatic carbocycles. The molecule has 0 spiro atoms. The number of benzene rings is 2. The summed E-state index contributed by atoms with van der Waals surface area (Å²) in [6.45, 7) is 1.65. The zero-order chi connectivity index (χ0) is 18.7. The summed E-state index contributed by atoms with van der Waals surface area (Å²) in [5.74, 6) is -1.60. The summed E-state index contributed by atoms with van der Waals surface area (Å²) in [5.41, 5.74) is 0.888. The molecule has 3 N–H and O–H groups in total. The number of fused-ring (bicyclic) bond motifs is 1. The molecule has 0 fully saturated rings. The SMILES string of the molecule is CNCCOCCN1c2ccccc2N(c2ccc(F)cc2F)S1(O)O.Cl. The Balaban J connectivity index is 0.00000261. The highest BCUT2D eigenvalue weighted by atomic mass is 35.5. The molecule has 0 radical (unpaired) electrons. The lowest BCUT2D eigenvalue weighted by Crippen LogP contribution is -2.34. The minimum Gasteiger partial charge on any atom is -0.378 e. The number of ether oxygens (including phenoxy) is 1. The number of likely N-dealkylation sites (N-methyl/N-ethyl adjacent to an activating group) is 1. The van der Waals surface area contributed by atoms with Crippen LogP contribution in [0.4, 0.5) is 25.8 Å². The van der Waals surface area contributed by atoms with E-state index in [0.29, 0.717) is 24.5 Å². The highest BCUT2D eigenvalue weighted by Gasteiger charge is 2.42. The average molecular weight is 422 g/mol. The van der Waals surface area contributed by atoms with Gasteiger partial charge in [0.05, 0.1) is 31.1 Å². The third-order valence-electron chi connectivity index (χ3n) is 3.97. The molecule has 1 heterocycles. The molecule has 150 valence electrons. The summed E-state index contributed by atoms with van der Waals surface area (Å²) < 4.78 is 57.3. The standard InChI is InChI=1S/C17H21F2N3O3S.ClH/c1-20-8-10-25-11-9-21-16-4-2-3-5-17(16)22(26(21,23)24)15-7-6-13(18)12-14(15)19;/h2-7,12,20,23-24H,8-11H2,1H3;1H. The number of hydrogen-bond acceptors (Lipinski definition) is 6. The lowest BCUT2D eigenvalue weighted by atomic mass is 10.2. The maximum absolute atomic E-state index is 14.3. The third-order valence-corrected chi connectivity index (χ3v) is 5.83. The van der Waals surface area contributed by atoms with Crippen LogP contribution in [0.25, 0.3) is 0 Å². The van der Waals surface area contributed by atoms with E-state index in [1.807, 2.05) is 7.05 Å². The van der Waals surface area contributed by atoms with Gasteiger partial charge in [0.25, 0.3) is 0 Å². The molecule has 1 aliphatic heterocycles. The van der Waals surface area contributed by atoms with Gasteiger partial charge in [-0.15, -0.1) is 12.4 Å². The molecule has 0 saturated carbocycles. The average Bonchev–Trinajstić information content (AvgIpc) is 2.82. The van der Waals surface area contributed by atoms with Crippen LogP contribution in [0.3, 0.4) is 0 Å². The normalized spacial score (nSPS) is 16.0. The second-order valence-corrected chi connectivity index (χ2v) is 7.47. The zero-order valence-electron chi connectivity index (χ0n) is 14.6. The van der Waals surface area contributed by atoms with Crippen molar-refractivity contribution in [2.24, 2.45) is 0 Å². The predicted octanol–water partition coefficient (Wildman–Crippen LogP) is 4.16. The first-order chi connectivity index (χ1) is 12.5. The van der Waals surface area contributed by atoms with E-state index < -0.39 is 22.6 Å². The Bertz CT molecular complexity index is 785. The molecule has 1 aliphatic rings. The highest BCUT2D eigenvalue weighted by molar-refractivity contribution is 8.27. The van der Waals surface area contributed by atoms with E-state index in [0.717, 1.165) is 16.4 Å². The van der Waals surface area contributed by atoms with Gasteiger partial charge in [-0.1, -0.05) is 12.1 Å². The molecule has 0 atom stereocenters. The van der Waals surface area contributed by atoms with Crippen LogP contribution in [-0.2, 0) is 4.74 Å². The van der Waals surface area contributed by atoms with Crippen molar-refractivity contribution in [3.8, 4) is 0 Å². The van der Waals surface area contributed by atoms with E-state index in [4.69, 9.17) is 4.74 Å². The molecule has 0 amide bonds. The van der Waals surface area contributed by atoms with Gasteiger partial charge in [-0.25, -0.2) is 17.4 Å². The molecule has 0 aliphatic carbocycles. The van der Waals surface area contributed by atoms with Crippen molar-refractivity contribution < 1.29 is 22.6 Å². The lowest BCUT2D eigenvalue weighted by molar-refractivity contribution is 0.145.